The molecule has 1 rings (SSSR count). The Kier molecular flexibility index (Phi) is 6.95. The molecule has 0 unspecified atom stereocenters. The highest BCUT2D eigenvalue weighted by molar-refractivity contribution is 5.69. The smallest absolute Gasteiger partial charge is 0.218 e. The van der Waals surface area contributed by atoms with Crippen molar-refractivity contribution in [3.8, 4) is 5.75 Å². The Balaban J connectivity index is 0.00000121. The van der Waals surface area contributed by atoms with Crippen molar-refractivity contribution in [2.45, 2.75) is 27.2 Å². The van der Waals surface area contributed by atoms with E-state index in [1.165, 1.54) is 5.56 Å². The molecule has 0 N–H and O–H groups in total. The van der Waals surface area contributed by atoms with Gasteiger partial charge >= 0.3 is 0 Å². The number of benzene rings is 1. The summed E-state index contributed by atoms with van der Waals surface area (Å²) in [6.07, 6.45) is 2.79. The maximum absolute atomic E-state index is 5.30. The van der Waals surface area contributed by atoms with E-state index in [1.54, 1.807) is 7.11 Å². The molecule has 1 aromatic rings. The van der Waals surface area contributed by atoms with Crippen LogP contribution in [-0.4, -0.2) is 25.5 Å². The van der Waals surface area contributed by atoms with Crippen molar-refractivity contribution >= 4 is 18.5 Å². The number of hydrogen-bond donors (Lipinski definition) is 0. The van der Waals surface area contributed by atoms with Crippen LogP contribution in [0.2, 0.25) is 0 Å². The molecule has 0 aliphatic carbocycles. The molecule has 0 radical (unpaired) electrons. The molecule has 94 valence electrons. The Morgan fingerprint density at radius 3 is 2.29 bits per heavy atom. The highest BCUT2D eigenvalue weighted by atomic mass is 16.5. The summed E-state index contributed by atoms with van der Waals surface area (Å²) in [5, 5.41) is 0. The maximum Gasteiger partial charge on any atom is 0.218 e. The van der Waals surface area contributed by atoms with Gasteiger partial charge in [-0.3, -0.25) is 0 Å². The zero-order valence-electron chi connectivity index (χ0n) is 11.7. The molecule has 0 aromatic heterocycles. The number of aryl methyl sites for hydroxylation is 1. The van der Waals surface area contributed by atoms with Gasteiger partial charge in [-0.15, -0.1) is 0 Å². The lowest BCUT2D eigenvalue weighted by atomic mass is 10.0. The summed E-state index contributed by atoms with van der Waals surface area (Å²) in [7, 11) is 3.60. The van der Waals surface area contributed by atoms with Crippen LogP contribution in [0.25, 0.3) is 6.08 Å². The van der Waals surface area contributed by atoms with E-state index in [4.69, 9.17) is 4.74 Å². The molecule has 0 amide bonds. The molecule has 0 saturated heterocycles. The third-order valence-corrected chi connectivity index (χ3v) is 2.45. The Labute approximate surface area is 105 Å². The first-order valence-electron chi connectivity index (χ1n) is 6.02. The monoisotopic (exact) mass is 234 g/mol. The number of methoxy groups -OCH3 is 1. The normalized spacial score (nSPS) is 9.00. The van der Waals surface area contributed by atoms with Gasteiger partial charge in [0.25, 0.3) is 0 Å². The molecular weight excluding hydrogens is 210 g/mol. The largest absolute Gasteiger partial charge is 0.496 e. The van der Waals surface area contributed by atoms with Gasteiger partial charge < -0.3 is 4.74 Å². The van der Waals surface area contributed by atoms with Gasteiger partial charge in [-0.2, -0.15) is 0 Å². The number of rotatable bonds is 4. The number of hydrogen-bond acceptors (Lipinski definition) is 1. The van der Waals surface area contributed by atoms with Crippen LogP contribution in [0, 0.1) is 0 Å². The van der Waals surface area contributed by atoms with E-state index in [9.17, 15) is 0 Å². The zero-order chi connectivity index (χ0) is 13.4. The molecule has 0 aliphatic heterocycles. The van der Waals surface area contributed by atoms with Crippen LogP contribution in [0.15, 0.2) is 18.7 Å². The minimum atomic E-state index is 0.840. The summed E-state index contributed by atoms with van der Waals surface area (Å²) in [5.41, 5.74) is 3.35. The molecule has 0 aliphatic rings. The lowest BCUT2D eigenvalue weighted by Crippen LogP contribution is -2.02. The van der Waals surface area contributed by atoms with Crippen molar-refractivity contribution in [1.29, 1.82) is 0 Å². The van der Waals surface area contributed by atoms with Crippen molar-refractivity contribution in [3.05, 3.63) is 29.8 Å². The molecule has 0 bridgehead atoms. The van der Waals surface area contributed by atoms with Crippen LogP contribution < -0.4 is 4.74 Å². The fourth-order valence-corrected chi connectivity index (χ4v) is 1.75. The van der Waals surface area contributed by atoms with E-state index < -0.39 is 0 Å². The van der Waals surface area contributed by atoms with Gasteiger partial charge in [0.05, 0.1) is 12.7 Å². The predicted molar refractivity (Wildman–Crippen MR) is 76.8 cm³/mol. The summed E-state index contributed by atoms with van der Waals surface area (Å²) in [6.45, 7) is 13.9. The lowest BCUT2D eigenvalue weighted by molar-refractivity contribution is -0.395. The summed E-state index contributed by atoms with van der Waals surface area (Å²) in [4.78, 5) is 0. The van der Waals surface area contributed by atoms with Crippen molar-refractivity contribution in [2.75, 3.05) is 14.2 Å². The molecule has 0 fully saturated rings. The van der Waals surface area contributed by atoms with Crippen LogP contribution in [0.5, 0.6) is 5.75 Å². The second-order valence-electron chi connectivity index (χ2n) is 3.44. The molecule has 17 heavy (non-hydrogen) atoms. The van der Waals surface area contributed by atoms with Gasteiger partial charge in [-0.1, -0.05) is 33.4 Å². The summed E-state index contributed by atoms with van der Waals surface area (Å²) in [5.74, 6) is 0.840. The van der Waals surface area contributed by atoms with E-state index in [1.807, 2.05) is 37.6 Å². The average molecular weight is 234 g/mol. The molecular formula is C15H24NO+. The van der Waals surface area contributed by atoms with Crippen molar-refractivity contribution in [3.63, 3.8) is 0 Å². The SMILES string of the molecule is C=Cc1c(OC)ccc(CC)c1[N+](=C)C.CC. The highest BCUT2D eigenvalue weighted by Gasteiger charge is 2.17. The van der Waals surface area contributed by atoms with E-state index in [-0.39, 0.29) is 0 Å². The molecule has 0 spiro atoms. The third-order valence-electron chi connectivity index (χ3n) is 2.45. The van der Waals surface area contributed by atoms with E-state index in [2.05, 4.69) is 26.3 Å². The van der Waals surface area contributed by atoms with Gasteiger partial charge in [0.2, 0.25) is 5.69 Å². The predicted octanol–water partition coefficient (Wildman–Crippen LogP) is 3.90. The Morgan fingerprint density at radius 1 is 1.35 bits per heavy atom. The minimum Gasteiger partial charge on any atom is -0.496 e. The van der Waals surface area contributed by atoms with Gasteiger partial charge in [0, 0.05) is 5.56 Å². The van der Waals surface area contributed by atoms with Crippen LogP contribution >= 0.6 is 0 Å². The van der Waals surface area contributed by atoms with Gasteiger partial charge in [0.1, 0.15) is 19.5 Å². The Hall–Kier alpha value is -1.57. The lowest BCUT2D eigenvalue weighted by Gasteiger charge is -2.10. The highest BCUT2D eigenvalue weighted by Crippen LogP contribution is 2.32. The topological polar surface area (TPSA) is 12.2 Å². The fraction of sp³-hybridized carbons (Fsp3) is 0.400. The summed E-state index contributed by atoms with van der Waals surface area (Å²) < 4.78 is 7.16. The molecule has 2 nitrogen and oxygen atoms in total. The van der Waals surface area contributed by atoms with Gasteiger partial charge in [0.15, 0.2) is 0 Å². The summed E-state index contributed by atoms with van der Waals surface area (Å²) >= 11 is 0. The number of ether oxygens (including phenoxy) is 1. The fourth-order valence-electron chi connectivity index (χ4n) is 1.75. The zero-order valence-corrected chi connectivity index (χ0v) is 11.7. The van der Waals surface area contributed by atoms with Crippen molar-refractivity contribution < 1.29 is 9.31 Å². The van der Waals surface area contributed by atoms with E-state index >= 15 is 0 Å². The van der Waals surface area contributed by atoms with Crippen LogP contribution in [0.1, 0.15) is 31.9 Å². The second-order valence-corrected chi connectivity index (χ2v) is 3.44. The van der Waals surface area contributed by atoms with Gasteiger partial charge in [-0.05, 0) is 18.6 Å². The van der Waals surface area contributed by atoms with Crippen molar-refractivity contribution in [1.82, 2.24) is 0 Å². The molecule has 1 aromatic carbocycles. The van der Waals surface area contributed by atoms with Gasteiger partial charge in [-0.25, -0.2) is 4.58 Å². The first kappa shape index (κ1) is 15.4. The standard InChI is InChI=1S/C13H18NO.C2H6/c1-6-10-8-9-12(15-5)11(7-2)13(10)14(3)4;1-2/h7-9H,2-3,6H2,1,4-5H3;1-2H3/q+1;. The van der Waals surface area contributed by atoms with E-state index in [0.29, 0.717) is 0 Å². The van der Waals surface area contributed by atoms with Crippen molar-refractivity contribution in [2.24, 2.45) is 0 Å². The Morgan fingerprint density at radius 2 is 1.94 bits per heavy atom. The first-order valence-corrected chi connectivity index (χ1v) is 6.02. The van der Waals surface area contributed by atoms with E-state index in [0.717, 1.165) is 23.4 Å². The molecule has 0 saturated carbocycles. The minimum absolute atomic E-state index is 0.840. The average Bonchev–Trinajstić information content (AvgIpc) is 2.38. The molecule has 0 heterocycles. The quantitative estimate of drug-likeness (QED) is 0.568. The second kappa shape index (κ2) is 7.66. The van der Waals surface area contributed by atoms with Crippen LogP contribution in [0.4, 0.5) is 5.69 Å². The Bertz CT molecular complexity index is 394. The third kappa shape index (κ3) is 3.45. The molecule has 2 heteroatoms. The van der Waals surface area contributed by atoms with Crippen LogP contribution in [-0.2, 0) is 6.42 Å². The maximum atomic E-state index is 5.30. The first-order chi connectivity index (χ1) is 8.15. The molecule has 0 atom stereocenters. The van der Waals surface area contributed by atoms with Crippen LogP contribution in [0.3, 0.4) is 0 Å². The number of nitrogens with zero attached hydrogens (tertiary/aromatic N) is 1. The summed E-state index contributed by atoms with van der Waals surface area (Å²) in [6, 6.07) is 4.05.